The smallest absolute Gasteiger partial charge is 0.231 e. The third kappa shape index (κ3) is 3.09. The van der Waals surface area contributed by atoms with Gasteiger partial charge in [-0.2, -0.15) is 0 Å². The Bertz CT molecular complexity index is 702. The van der Waals surface area contributed by atoms with Gasteiger partial charge < -0.3 is 14.6 Å². The molecule has 0 radical (unpaired) electrons. The predicted octanol–water partition coefficient (Wildman–Crippen LogP) is 2.71. The number of carbonyl (C=O) groups excluding carboxylic acids is 1. The van der Waals surface area contributed by atoms with Crippen LogP contribution in [0.25, 0.3) is 11.3 Å². The molecule has 0 bridgehead atoms. The van der Waals surface area contributed by atoms with Crippen LogP contribution in [0.4, 0.5) is 0 Å². The normalized spacial score (nSPS) is 13.5. The summed E-state index contributed by atoms with van der Waals surface area (Å²) in [5.74, 6) is 1.17. The number of benzene rings is 1. The second kappa shape index (κ2) is 6.30. The summed E-state index contributed by atoms with van der Waals surface area (Å²) in [5.41, 5.74) is 1.66. The summed E-state index contributed by atoms with van der Waals surface area (Å²) < 4.78 is 10.4. The number of ether oxygens (including phenoxy) is 1. The van der Waals surface area contributed by atoms with Crippen molar-refractivity contribution >= 4 is 5.91 Å². The van der Waals surface area contributed by atoms with E-state index in [0.717, 1.165) is 17.0 Å². The molecule has 1 aromatic carbocycles. The lowest BCUT2D eigenvalue weighted by molar-refractivity contribution is -0.122. The molecule has 0 spiro atoms. The van der Waals surface area contributed by atoms with E-state index in [1.165, 1.54) is 0 Å². The molecule has 0 unspecified atom stereocenters. The Morgan fingerprint density at radius 1 is 1.27 bits per heavy atom. The standard InChI is InChI=1S/C17H16N2O3/c1-21-14-8-6-12(7-9-14)16-10-15(22-19-16)11-18-17(20)13-4-2-3-5-13/h2-10,13H,11H2,1H3,(H,18,20). The fraction of sp³-hybridized carbons (Fsp3) is 0.176. The topological polar surface area (TPSA) is 64.4 Å². The molecule has 22 heavy (non-hydrogen) atoms. The second-order valence-corrected chi connectivity index (χ2v) is 4.92. The Labute approximate surface area is 128 Å². The zero-order valence-corrected chi connectivity index (χ0v) is 12.2. The Morgan fingerprint density at radius 2 is 2.00 bits per heavy atom. The summed E-state index contributed by atoms with van der Waals surface area (Å²) in [7, 11) is 1.63. The molecular weight excluding hydrogens is 280 g/mol. The molecule has 5 nitrogen and oxygen atoms in total. The summed E-state index contributed by atoms with van der Waals surface area (Å²) in [6.07, 6.45) is 7.41. The monoisotopic (exact) mass is 296 g/mol. The van der Waals surface area contributed by atoms with Gasteiger partial charge in [0.2, 0.25) is 5.91 Å². The first-order valence-electron chi connectivity index (χ1n) is 6.99. The lowest BCUT2D eigenvalue weighted by atomic mass is 10.1. The molecule has 0 fully saturated rings. The number of rotatable bonds is 5. The highest BCUT2D eigenvalue weighted by Crippen LogP contribution is 2.22. The minimum Gasteiger partial charge on any atom is -0.497 e. The average molecular weight is 296 g/mol. The van der Waals surface area contributed by atoms with Crippen LogP contribution in [0.2, 0.25) is 0 Å². The van der Waals surface area contributed by atoms with Gasteiger partial charge in [-0.1, -0.05) is 29.5 Å². The number of methoxy groups -OCH3 is 1. The van der Waals surface area contributed by atoms with Crippen molar-refractivity contribution in [2.45, 2.75) is 6.54 Å². The highest BCUT2D eigenvalue weighted by molar-refractivity contribution is 5.83. The van der Waals surface area contributed by atoms with E-state index in [2.05, 4.69) is 10.5 Å². The number of allylic oxidation sites excluding steroid dienone is 2. The van der Waals surface area contributed by atoms with Crippen molar-refractivity contribution in [3.05, 3.63) is 60.4 Å². The Kier molecular flexibility index (Phi) is 4.05. The fourth-order valence-corrected chi connectivity index (χ4v) is 2.19. The number of carbonyl (C=O) groups is 1. The van der Waals surface area contributed by atoms with E-state index >= 15 is 0 Å². The SMILES string of the molecule is COc1ccc(-c2cc(CNC(=O)C3C=CC=C3)on2)cc1. The quantitative estimate of drug-likeness (QED) is 0.921. The van der Waals surface area contributed by atoms with Crippen LogP contribution in [0.1, 0.15) is 5.76 Å². The van der Waals surface area contributed by atoms with Crippen LogP contribution < -0.4 is 10.1 Å². The van der Waals surface area contributed by atoms with Crippen molar-refractivity contribution in [1.82, 2.24) is 10.5 Å². The molecule has 1 amide bonds. The van der Waals surface area contributed by atoms with Gasteiger partial charge in [0.1, 0.15) is 11.4 Å². The van der Waals surface area contributed by atoms with Crippen molar-refractivity contribution in [3.63, 3.8) is 0 Å². The Balaban J connectivity index is 1.62. The van der Waals surface area contributed by atoms with E-state index in [0.29, 0.717) is 12.3 Å². The molecule has 1 aliphatic rings. The predicted molar refractivity (Wildman–Crippen MR) is 82.1 cm³/mol. The maximum absolute atomic E-state index is 11.9. The number of amides is 1. The Morgan fingerprint density at radius 3 is 2.68 bits per heavy atom. The van der Waals surface area contributed by atoms with Crippen LogP contribution in [-0.2, 0) is 11.3 Å². The first-order chi connectivity index (χ1) is 10.8. The van der Waals surface area contributed by atoms with Gasteiger partial charge in [0.05, 0.1) is 19.6 Å². The minimum absolute atomic E-state index is 0.0487. The van der Waals surface area contributed by atoms with Crippen LogP contribution in [0, 0.1) is 5.92 Å². The van der Waals surface area contributed by atoms with Gasteiger partial charge in [0.25, 0.3) is 0 Å². The van der Waals surface area contributed by atoms with Gasteiger partial charge >= 0.3 is 0 Å². The first-order valence-corrected chi connectivity index (χ1v) is 6.99. The minimum atomic E-state index is -0.191. The second-order valence-electron chi connectivity index (χ2n) is 4.92. The summed E-state index contributed by atoms with van der Waals surface area (Å²) in [6.45, 7) is 0.320. The van der Waals surface area contributed by atoms with Crippen molar-refractivity contribution < 1.29 is 14.1 Å². The first kappa shape index (κ1) is 14.1. The molecule has 1 heterocycles. The van der Waals surface area contributed by atoms with E-state index in [1.807, 2.05) is 54.6 Å². The molecule has 112 valence electrons. The molecule has 3 rings (SSSR count). The lowest BCUT2D eigenvalue weighted by Gasteiger charge is -2.05. The van der Waals surface area contributed by atoms with Gasteiger partial charge in [-0.15, -0.1) is 0 Å². The summed E-state index contributed by atoms with van der Waals surface area (Å²) in [5, 5.41) is 6.85. The van der Waals surface area contributed by atoms with Crippen LogP contribution in [0.3, 0.4) is 0 Å². The number of hydrogen-bond donors (Lipinski definition) is 1. The third-order valence-electron chi connectivity index (χ3n) is 3.43. The molecule has 0 saturated carbocycles. The van der Waals surface area contributed by atoms with E-state index in [1.54, 1.807) is 7.11 Å². The van der Waals surface area contributed by atoms with Gasteiger partial charge in [-0.3, -0.25) is 4.79 Å². The molecule has 0 aliphatic heterocycles. The van der Waals surface area contributed by atoms with Crippen molar-refractivity contribution in [3.8, 4) is 17.0 Å². The Hall–Kier alpha value is -2.82. The number of aromatic nitrogens is 1. The average Bonchev–Trinajstić information content (AvgIpc) is 3.24. The summed E-state index contributed by atoms with van der Waals surface area (Å²) in [6, 6.07) is 9.37. The highest BCUT2D eigenvalue weighted by atomic mass is 16.5. The number of hydrogen-bond acceptors (Lipinski definition) is 4. The molecule has 5 heteroatoms. The van der Waals surface area contributed by atoms with Crippen LogP contribution >= 0.6 is 0 Å². The maximum Gasteiger partial charge on any atom is 0.231 e. The van der Waals surface area contributed by atoms with Crippen molar-refractivity contribution in [2.24, 2.45) is 5.92 Å². The largest absolute Gasteiger partial charge is 0.497 e. The summed E-state index contributed by atoms with van der Waals surface area (Å²) in [4.78, 5) is 11.9. The van der Waals surface area contributed by atoms with Crippen LogP contribution in [0.5, 0.6) is 5.75 Å². The maximum atomic E-state index is 11.9. The van der Waals surface area contributed by atoms with Crippen molar-refractivity contribution in [1.29, 1.82) is 0 Å². The lowest BCUT2D eigenvalue weighted by Crippen LogP contribution is -2.27. The van der Waals surface area contributed by atoms with Crippen LogP contribution in [-0.4, -0.2) is 18.2 Å². The molecule has 1 N–H and O–H groups in total. The zero-order chi connectivity index (χ0) is 15.4. The zero-order valence-electron chi connectivity index (χ0n) is 12.2. The highest BCUT2D eigenvalue weighted by Gasteiger charge is 2.15. The van der Waals surface area contributed by atoms with Gasteiger partial charge in [-0.05, 0) is 24.3 Å². The van der Waals surface area contributed by atoms with Gasteiger partial charge in [0, 0.05) is 11.6 Å². The summed E-state index contributed by atoms with van der Waals surface area (Å²) >= 11 is 0. The van der Waals surface area contributed by atoms with E-state index in [9.17, 15) is 4.79 Å². The van der Waals surface area contributed by atoms with Gasteiger partial charge in [-0.25, -0.2) is 0 Å². The van der Waals surface area contributed by atoms with Gasteiger partial charge in [0.15, 0.2) is 5.76 Å². The van der Waals surface area contributed by atoms with Crippen molar-refractivity contribution in [2.75, 3.05) is 7.11 Å². The molecule has 0 saturated heterocycles. The molecule has 0 atom stereocenters. The molecule has 2 aromatic rings. The number of nitrogens with zero attached hydrogens (tertiary/aromatic N) is 1. The third-order valence-corrected chi connectivity index (χ3v) is 3.43. The molecular formula is C17H16N2O3. The molecule has 1 aromatic heterocycles. The van der Waals surface area contributed by atoms with E-state index in [4.69, 9.17) is 9.26 Å². The molecule has 1 aliphatic carbocycles. The van der Waals surface area contributed by atoms with E-state index in [-0.39, 0.29) is 11.8 Å². The van der Waals surface area contributed by atoms with E-state index < -0.39 is 0 Å². The number of nitrogens with one attached hydrogen (secondary N) is 1. The fourth-order valence-electron chi connectivity index (χ4n) is 2.19. The van der Waals surface area contributed by atoms with Crippen LogP contribution in [0.15, 0.2) is 59.2 Å².